The van der Waals surface area contributed by atoms with Gasteiger partial charge in [-0.1, -0.05) is 44.0 Å². The number of carbonyl (C=O) groups is 1. The fourth-order valence-electron chi connectivity index (χ4n) is 1.84. The van der Waals surface area contributed by atoms with Gasteiger partial charge >= 0.3 is 0 Å². The van der Waals surface area contributed by atoms with Crippen molar-refractivity contribution in [2.75, 3.05) is 6.61 Å². The molecule has 0 amide bonds. The molecular formula is C17H14Br2O2. The molecule has 0 aromatic heterocycles. The number of ketones is 1. The molecule has 0 N–H and O–H groups in total. The molecular weight excluding hydrogens is 396 g/mol. The third-order valence-corrected chi connectivity index (χ3v) is 3.78. The van der Waals surface area contributed by atoms with Gasteiger partial charge in [0.15, 0.2) is 5.78 Å². The zero-order chi connectivity index (χ0) is 15.2. The Hall–Kier alpha value is -1.39. The summed E-state index contributed by atoms with van der Waals surface area (Å²) in [6.45, 7) is 2.52. The molecule has 0 atom stereocenters. The maximum Gasteiger partial charge on any atom is 0.185 e. The van der Waals surface area contributed by atoms with E-state index in [-0.39, 0.29) is 5.78 Å². The van der Waals surface area contributed by atoms with E-state index in [0.717, 1.165) is 20.3 Å². The van der Waals surface area contributed by atoms with Crippen LogP contribution in [0.1, 0.15) is 22.8 Å². The molecule has 0 saturated carbocycles. The van der Waals surface area contributed by atoms with Crippen LogP contribution in [0.4, 0.5) is 0 Å². The van der Waals surface area contributed by atoms with E-state index in [4.69, 9.17) is 4.74 Å². The van der Waals surface area contributed by atoms with E-state index < -0.39 is 0 Å². The molecule has 0 bridgehead atoms. The lowest BCUT2D eigenvalue weighted by atomic mass is 10.1. The Bertz CT molecular complexity index is 678. The van der Waals surface area contributed by atoms with Crippen molar-refractivity contribution in [2.45, 2.75) is 6.92 Å². The molecule has 0 aliphatic rings. The van der Waals surface area contributed by atoms with E-state index in [1.165, 1.54) is 0 Å². The number of allylic oxidation sites excluding steroid dienone is 1. The smallest absolute Gasteiger partial charge is 0.185 e. The minimum atomic E-state index is -0.0428. The zero-order valence-electron chi connectivity index (χ0n) is 11.5. The molecule has 4 heteroatoms. The first-order valence-corrected chi connectivity index (χ1v) is 8.09. The van der Waals surface area contributed by atoms with Crippen LogP contribution in [0.5, 0.6) is 5.75 Å². The number of hydrogen-bond donors (Lipinski definition) is 0. The quantitative estimate of drug-likeness (QED) is 0.481. The monoisotopic (exact) mass is 408 g/mol. The summed E-state index contributed by atoms with van der Waals surface area (Å²) >= 11 is 6.79. The van der Waals surface area contributed by atoms with Crippen LogP contribution in [0.15, 0.2) is 57.5 Å². The van der Waals surface area contributed by atoms with Crippen molar-refractivity contribution in [3.8, 4) is 5.75 Å². The third kappa shape index (κ3) is 4.55. The van der Waals surface area contributed by atoms with Crippen molar-refractivity contribution in [1.29, 1.82) is 0 Å². The molecule has 0 aliphatic carbocycles. The fourth-order valence-corrected chi connectivity index (χ4v) is 2.62. The molecule has 0 heterocycles. The summed E-state index contributed by atoms with van der Waals surface area (Å²) in [5, 5.41) is 0. The van der Waals surface area contributed by atoms with Crippen LogP contribution >= 0.6 is 31.9 Å². The Labute approximate surface area is 141 Å². The largest absolute Gasteiger partial charge is 0.493 e. The van der Waals surface area contributed by atoms with Gasteiger partial charge in [0.25, 0.3) is 0 Å². The van der Waals surface area contributed by atoms with E-state index >= 15 is 0 Å². The predicted octanol–water partition coefficient (Wildman–Crippen LogP) is 5.51. The first-order valence-electron chi connectivity index (χ1n) is 6.50. The van der Waals surface area contributed by atoms with Gasteiger partial charge in [-0.15, -0.1) is 0 Å². The predicted molar refractivity (Wildman–Crippen MR) is 92.8 cm³/mol. The standard InChI is InChI=1S/C17H14Br2O2/c1-2-21-17-9-7-15(19)11-13(17)6-8-16(20)12-4-3-5-14(18)10-12/h3-11H,2H2,1H3/b8-6+. The van der Waals surface area contributed by atoms with Gasteiger partial charge < -0.3 is 4.74 Å². The number of hydrogen-bond acceptors (Lipinski definition) is 2. The van der Waals surface area contributed by atoms with Gasteiger partial charge in [0.2, 0.25) is 0 Å². The molecule has 108 valence electrons. The summed E-state index contributed by atoms with van der Waals surface area (Å²) in [4.78, 5) is 12.2. The second kappa shape index (κ2) is 7.57. The highest BCUT2D eigenvalue weighted by Gasteiger charge is 2.04. The SMILES string of the molecule is CCOc1ccc(Br)cc1/C=C/C(=O)c1cccc(Br)c1. The highest BCUT2D eigenvalue weighted by Crippen LogP contribution is 2.25. The molecule has 2 aromatic rings. The van der Waals surface area contributed by atoms with Crippen molar-refractivity contribution in [1.82, 2.24) is 0 Å². The van der Waals surface area contributed by atoms with Crippen molar-refractivity contribution >= 4 is 43.7 Å². The maximum atomic E-state index is 12.2. The van der Waals surface area contributed by atoms with Crippen LogP contribution in [0.2, 0.25) is 0 Å². The van der Waals surface area contributed by atoms with Gasteiger partial charge in [-0.05, 0) is 49.4 Å². The summed E-state index contributed by atoms with van der Waals surface area (Å²) < 4.78 is 7.39. The van der Waals surface area contributed by atoms with Crippen LogP contribution in [0, 0.1) is 0 Å². The summed E-state index contributed by atoms with van der Waals surface area (Å²) in [6, 6.07) is 13.1. The number of ether oxygens (including phenoxy) is 1. The van der Waals surface area contributed by atoms with Gasteiger partial charge in [-0.3, -0.25) is 4.79 Å². The van der Waals surface area contributed by atoms with Crippen molar-refractivity contribution in [3.63, 3.8) is 0 Å². The Balaban J connectivity index is 2.24. The van der Waals surface area contributed by atoms with E-state index in [1.54, 1.807) is 24.3 Å². The summed E-state index contributed by atoms with van der Waals surface area (Å²) in [6.07, 6.45) is 3.34. The molecule has 0 saturated heterocycles. The molecule has 0 unspecified atom stereocenters. The summed E-state index contributed by atoms with van der Waals surface area (Å²) in [5.74, 6) is 0.720. The normalized spacial score (nSPS) is 10.8. The van der Waals surface area contributed by atoms with Crippen LogP contribution in [0.3, 0.4) is 0 Å². The number of carbonyl (C=O) groups excluding carboxylic acids is 1. The van der Waals surface area contributed by atoms with E-state index in [1.807, 2.05) is 37.3 Å². The third-order valence-electron chi connectivity index (χ3n) is 2.80. The molecule has 2 aromatic carbocycles. The zero-order valence-corrected chi connectivity index (χ0v) is 14.6. The molecule has 2 rings (SSSR count). The highest BCUT2D eigenvalue weighted by molar-refractivity contribution is 9.10. The van der Waals surface area contributed by atoms with Gasteiger partial charge in [0, 0.05) is 20.1 Å². The lowest BCUT2D eigenvalue weighted by Crippen LogP contribution is -1.96. The van der Waals surface area contributed by atoms with Gasteiger partial charge in [-0.25, -0.2) is 0 Å². The van der Waals surface area contributed by atoms with Gasteiger partial charge in [0.1, 0.15) is 5.75 Å². The second-order valence-corrected chi connectivity index (χ2v) is 6.15. The molecule has 0 spiro atoms. The lowest BCUT2D eigenvalue weighted by molar-refractivity contribution is 0.104. The molecule has 0 aliphatic heterocycles. The fraction of sp³-hybridized carbons (Fsp3) is 0.118. The summed E-state index contributed by atoms with van der Waals surface area (Å²) in [5.41, 5.74) is 1.52. The van der Waals surface area contributed by atoms with Crippen LogP contribution < -0.4 is 4.74 Å². The average Bonchev–Trinajstić information content (AvgIpc) is 2.47. The Morgan fingerprint density at radius 2 is 1.90 bits per heavy atom. The highest BCUT2D eigenvalue weighted by atomic mass is 79.9. The van der Waals surface area contributed by atoms with Crippen LogP contribution in [0.25, 0.3) is 6.08 Å². The van der Waals surface area contributed by atoms with E-state index in [2.05, 4.69) is 31.9 Å². The van der Waals surface area contributed by atoms with E-state index in [9.17, 15) is 4.79 Å². The molecule has 0 radical (unpaired) electrons. The van der Waals surface area contributed by atoms with Gasteiger partial charge in [-0.2, -0.15) is 0 Å². The molecule has 21 heavy (non-hydrogen) atoms. The van der Waals surface area contributed by atoms with Crippen LogP contribution in [-0.4, -0.2) is 12.4 Å². The van der Waals surface area contributed by atoms with Crippen molar-refractivity contribution in [2.24, 2.45) is 0 Å². The summed E-state index contributed by atoms with van der Waals surface area (Å²) in [7, 11) is 0. The van der Waals surface area contributed by atoms with Crippen molar-refractivity contribution in [3.05, 3.63) is 68.6 Å². The van der Waals surface area contributed by atoms with Gasteiger partial charge in [0.05, 0.1) is 6.61 Å². The molecule has 0 fully saturated rings. The number of benzene rings is 2. The second-order valence-electron chi connectivity index (χ2n) is 4.32. The van der Waals surface area contributed by atoms with Crippen LogP contribution in [-0.2, 0) is 0 Å². The Morgan fingerprint density at radius 3 is 2.62 bits per heavy atom. The topological polar surface area (TPSA) is 26.3 Å². The minimum Gasteiger partial charge on any atom is -0.493 e. The Kier molecular flexibility index (Phi) is 5.76. The number of halogens is 2. The molecule has 2 nitrogen and oxygen atoms in total. The Morgan fingerprint density at radius 1 is 1.14 bits per heavy atom. The minimum absolute atomic E-state index is 0.0428. The average molecular weight is 410 g/mol. The lowest BCUT2D eigenvalue weighted by Gasteiger charge is -2.07. The maximum absolute atomic E-state index is 12.2. The number of rotatable bonds is 5. The van der Waals surface area contributed by atoms with Crippen molar-refractivity contribution < 1.29 is 9.53 Å². The van der Waals surface area contributed by atoms with E-state index in [0.29, 0.717) is 12.2 Å². The first kappa shape index (κ1) is 16.0. The first-order chi connectivity index (χ1) is 10.1.